The molecule has 0 fully saturated rings. The van der Waals surface area contributed by atoms with Crippen LogP contribution in [0.4, 0.5) is 11.4 Å². The number of allylic oxidation sites excluding steroid dienone is 3. The Balaban J connectivity index is 2.21. The minimum Gasteiger partial charge on any atom is -0.271 e. The molecule has 0 saturated heterocycles. The maximum atomic E-state index is 11.0. The van der Waals surface area contributed by atoms with E-state index in [1.165, 1.54) is 6.07 Å². The van der Waals surface area contributed by atoms with Crippen LogP contribution in [0.1, 0.15) is 26.7 Å². The highest BCUT2D eigenvalue weighted by Crippen LogP contribution is 2.28. The topological polar surface area (TPSA) is 67.5 Å². The Kier molecular flexibility index (Phi) is 4.52. The summed E-state index contributed by atoms with van der Waals surface area (Å²) in [5, 5.41) is 15.3. The van der Waals surface area contributed by atoms with Crippen LogP contribution in [0.25, 0.3) is 0 Å². The van der Waals surface area contributed by atoms with Gasteiger partial charge in [-0.15, -0.1) is 0 Å². The Labute approximate surface area is 124 Å². The summed E-state index contributed by atoms with van der Waals surface area (Å²) in [5.41, 5.74) is 6.43. The minimum absolute atomic E-state index is 0.0238. The summed E-state index contributed by atoms with van der Waals surface area (Å²) in [6, 6.07) is 6.50. The lowest BCUT2D eigenvalue weighted by Gasteiger charge is -2.22. The van der Waals surface area contributed by atoms with Gasteiger partial charge >= 0.3 is 0 Å². The van der Waals surface area contributed by atoms with Gasteiger partial charge in [-0.05, 0) is 44.2 Å². The minimum atomic E-state index is -0.414. The molecule has 0 radical (unpaired) electrons. The van der Waals surface area contributed by atoms with Crippen molar-refractivity contribution in [3.63, 3.8) is 0 Å². The van der Waals surface area contributed by atoms with Crippen LogP contribution in [0.2, 0.25) is 0 Å². The summed E-state index contributed by atoms with van der Waals surface area (Å²) in [6.45, 7) is 8.03. The molecule has 1 aromatic rings. The van der Waals surface area contributed by atoms with Gasteiger partial charge in [0.1, 0.15) is 5.69 Å². The van der Waals surface area contributed by atoms with Crippen LogP contribution in [0, 0.1) is 16.0 Å². The molecule has 0 heterocycles. The van der Waals surface area contributed by atoms with Gasteiger partial charge in [0.2, 0.25) is 0 Å². The SMILES string of the molecule is C=C(C)[C@H]1CC=C(C)/C(=N/Nc2ccccc2[N+](=O)[O-])C1. The van der Waals surface area contributed by atoms with E-state index in [2.05, 4.69) is 23.2 Å². The summed E-state index contributed by atoms with van der Waals surface area (Å²) in [7, 11) is 0. The van der Waals surface area contributed by atoms with Crippen LogP contribution >= 0.6 is 0 Å². The predicted octanol–water partition coefficient (Wildman–Crippen LogP) is 4.30. The molecular formula is C16H19N3O2. The average molecular weight is 285 g/mol. The Morgan fingerprint density at radius 2 is 2.19 bits per heavy atom. The number of para-hydroxylation sites is 2. The zero-order valence-electron chi connectivity index (χ0n) is 12.3. The smallest absolute Gasteiger partial charge is 0.271 e. The Morgan fingerprint density at radius 1 is 1.48 bits per heavy atom. The van der Waals surface area contributed by atoms with Crippen LogP contribution in [0.3, 0.4) is 0 Å². The van der Waals surface area contributed by atoms with Gasteiger partial charge in [-0.1, -0.05) is 30.4 Å². The molecule has 0 unspecified atom stereocenters. The third-order valence-corrected chi connectivity index (χ3v) is 3.71. The van der Waals surface area contributed by atoms with Gasteiger partial charge in [0.15, 0.2) is 0 Å². The summed E-state index contributed by atoms with van der Waals surface area (Å²) in [5.74, 6) is 0.389. The van der Waals surface area contributed by atoms with Crippen molar-refractivity contribution in [2.24, 2.45) is 11.0 Å². The summed E-state index contributed by atoms with van der Waals surface area (Å²) in [6.07, 6.45) is 3.93. The molecule has 5 heteroatoms. The molecule has 1 aliphatic carbocycles. The molecule has 1 N–H and O–H groups in total. The molecule has 0 aliphatic heterocycles. The number of benzene rings is 1. The van der Waals surface area contributed by atoms with Crippen molar-refractivity contribution in [1.29, 1.82) is 0 Å². The van der Waals surface area contributed by atoms with Crippen LogP contribution in [-0.4, -0.2) is 10.6 Å². The summed E-state index contributed by atoms with van der Waals surface area (Å²) < 4.78 is 0. The van der Waals surface area contributed by atoms with Gasteiger partial charge in [0.25, 0.3) is 5.69 Å². The van der Waals surface area contributed by atoms with E-state index in [-0.39, 0.29) is 5.69 Å². The average Bonchev–Trinajstić information content (AvgIpc) is 2.46. The van der Waals surface area contributed by atoms with Gasteiger partial charge in [-0.25, -0.2) is 0 Å². The second kappa shape index (κ2) is 6.35. The van der Waals surface area contributed by atoms with Crippen molar-refractivity contribution in [1.82, 2.24) is 0 Å². The largest absolute Gasteiger partial charge is 0.294 e. The van der Waals surface area contributed by atoms with Crippen LogP contribution in [0.5, 0.6) is 0 Å². The molecule has 110 valence electrons. The molecule has 0 amide bonds. The lowest BCUT2D eigenvalue weighted by molar-refractivity contribution is -0.384. The zero-order valence-corrected chi connectivity index (χ0v) is 12.3. The molecular weight excluding hydrogens is 266 g/mol. The number of nitro groups is 1. The zero-order chi connectivity index (χ0) is 15.4. The molecule has 0 aromatic heterocycles. The molecule has 0 spiro atoms. The molecule has 1 atom stereocenters. The summed E-state index contributed by atoms with van der Waals surface area (Å²) >= 11 is 0. The highest BCUT2D eigenvalue weighted by molar-refractivity contribution is 6.01. The molecule has 0 bridgehead atoms. The third-order valence-electron chi connectivity index (χ3n) is 3.71. The van der Waals surface area contributed by atoms with E-state index in [9.17, 15) is 10.1 Å². The highest BCUT2D eigenvalue weighted by atomic mass is 16.6. The van der Waals surface area contributed by atoms with E-state index < -0.39 is 4.92 Å². The Hall–Kier alpha value is -2.43. The number of nitrogens with zero attached hydrogens (tertiary/aromatic N) is 2. The number of nitro benzene ring substituents is 1. The standard InChI is InChI=1S/C16H19N3O2/c1-11(2)13-9-8-12(3)15(10-13)18-17-14-6-4-5-7-16(14)19(20)21/h4-8,13,17H,1,9-10H2,2-3H3/b18-15+/t13-/m0/s1. The van der Waals surface area contributed by atoms with Crippen LogP contribution < -0.4 is 5.43 Å². The van der Waals surface area contributed by atoms with Gasteiger partial charge in [-0.3, -0.25) is 15.5 Å². The van der Waals surface area contributed by atoms with E-state index in [4.69, 9.17) is 0 Å². The maximum Gasteiger partial charge on any atom is 0.294 e. The van der Waals surface area contributed by atoms with E-state index in [0.717, 1.165) is 29.7 Å². The van der Waals surface area contributed by atoms with Gasteiger partial charge in [0.05, 0.1) is 10.6 Å². The van der Waals surface area contributed by atoms with Crippen molar-refractivity contribution in [3.05, 3.63) is 58.2 Å². The molecule has 1 aromatic carbocycles. The highest BCUT2D eigenvalue weighted by Gasteiger charge is 2.19. The predicted molar refractivity (Wildman–Crippen MR) is 85.4 cm³/mol. The van der Waals surface area contributed by atoms with Crippen molar-refractivity contribution >= 4 is 17.1 Å². The van der Waals surface area contributed by atoms with E-state index >= 15 is 0 Å². The normalized spacial score (nSPS) is 20.0. The second-order valence-electron chi connectivity index (χ2n) is 5.31. The quantitative estimate of drug-likeness (QED) is 0.509. The first-order valence-corrected chi connectivity index (χ1v) is 6.87. The second-order valence-corrected chi connectivity index (χ2v) is 5.31. The lowest BCUT2D eigenvalue weighted by atomic mass is 9.85. The fourth-order valence-electron chi connectivity index (χ4n) is 2.28. The first kappa shape index (κ1) is 15.0. The first-order chi connectivity index (χ1) is 9.99. The number of hydrogen-bond acceptors (Lipinski definition) is 4. The van der Waals surface area contributed by atoms with Crippen molar-refractivity contribution in [3.8, 4) is 0 Å². The van der Waals surface area contributed by atoms with Crippen LogP contribution in [0.15, 0.2) is 53.2 Å². The monoisotopic (exact) mass is 285 g/mol. The molecule has 2 rings (SSSR count). The fraction of sp³-hybridized carbons (Fsp3) is 0.312. The number of nitrogens with one attached hydrogen (secondary N) is 1. The Bertz CT molecular complexity index is 632. The first-order valence-electron chi connectivity index (χ1n) is 6.87. The maximum absolute atomic E-state index is 11.0. The number of hydrogen-bond donors (Lipinski definition) is 1. The number of rotatable bonds is 4. The van der Waals surface area contributed by atoms with E-state index in [1.54, 1.807) is 18.2 Å². The van der Waals surface area contributed by atoms with Crippen molar-refractivity contribution in [2.75, 3.05) is 5.43 Å². The van der Waals surface area contributed by atoms with Gasteiger partial charge < -0.3 is 0 Å². The molecule has 21 heavy (non-hydrogen) atoms. The lowest BCUT2D eigenvalue weighted by Crippen LogP contribution is -2.16. The van der Waals surface area contributed by atoms with Crippen molar-refractivity contribution < 1.29 is 4.92 Å². The Morgan fingerprint density at radius 3 is 2.86 bits per heavy atom. The number of hydrazone groups is 1. The van der Waals surface area contributed by atoms with Crippen LogP contribution in [-0.2, 0) is 0 Å². The van der Waals surface area contributed by atoms with Gasteiger partial charge in [0, 0.05) is 6.07 Å². The molecule has 5 nitrogen and oxygen atoms in total. The van der Waals surface area contributed by atoms with Crippen molar-refractivity contribution in [2.45, 2.75) is 26.7 Å². The number of anilines is 1. The summed E-state index contributed by atoms with van der Waals surface area (Å²) in [4.78, 5) is 10.6. The molecule has 1 aliphatic rings. The molecule has 0 saturated carbocycles. The van der Waals surface area contributed by atoms with E-state index in [1.807, 2.05) is 13.8 Å². The fourth-order valence-corrected chi connectivity index (χ4v) is 2.28. The van der Waals surface area contributed by atoms with Gasteiger partial charge in [-0.2, -0.15) is 5.10 Å². The third kappa shape index (κ3) is 3.56. The van der Waals surface area contributed by atoms with E-state index in [0.29, 0.717) is 11.6 Å².